The molecule has 1 atom stereocenters. The standard InChI is InChI=1S/C6H8N2O/c1-4-2-5(3-7)6(8)9-4/h4H,2,8H2,1H3. The van der Waals surface area contributed by atoms with Crippen molar-refractivity contribution in [2.75, 3.05) is 0 Å². The van der Waals surface area contributed by atoms with E-state index in [-0.39, 0.29) is 6.10 Å². The van der Waals surface area contributed by atoms with Crippen LogP contribution in [0.25, 0.3) is 0 Å². The maximum Gasteiger partial charge on any atom is 0.198 e. The molecule has 0 saturated heterocycles. The molecular weight excluding hydrogens is 116 g/mol. The molecule has 0 spiro atoms. The molecule has 0 radical (unpaired) electrons. The van der Waals surface area contributed by atoms with Crippen LogP contribution in [0.4, 0.5) is 0 Å². The van der Waals surface area contributed by atoms with Gasteiger partial charge in [0, 0.05) is 6.42 Å². The van der Waals surface area contributed by atoms with Crippen LogP contribution in [0.15, 0.2) is 11.5 Å². The summed E-state index contributed by atoms with van der Waals surface area (Å²) >= 11 is 0. The zero-order chi connectivity index (χ0) is 6.85. The van der Waals surface area contributed by atoms with Crippen molar-refractivity contribution in [3.63, 3.8) is 0 Å². The third kappa shape index (κ3) is 0.968. The summed E-state index contributed by atoms with van der Waals surface area (Å²) in [7, 11) is 0. The Kier molecular flexibility index (Phi) is 1.31. The van der Waals surface area contributed by atoms with Crippen LogP contribution >= 0.6 is 0 Å². The molecule has 1 aliphatic rings. The van der Waals surface area contributed by atoms with Crippen molar-refractivity contribution >= 4 is 0 Å². The lowest BCUT2D eigenvalue weighted by atomic mass is 10.2. The fraction of sp³-hybridized carbons (Fsp3) is 0.500. The molecule has 1 unspecified atom stereocenters. The van der Waals surface area contributed by atoms with Gasteiger partial charge in [-0.25, -0.2) is 0 Å². The summed E-state index contributed by atoms with van der Waals surface area (Å²) in [6.45, 7) is 1.89. The zero-order valence-electron chi connectivity index (χ0n) is 5.22. The van der Waals surface area contributed by atoms with E-state index in [4.69, 9.17) is 15.7 Å². The van der Waals surface area contributed by atoms with Gasteiger partial charge in [0.15, 0.2) is 5.88 Å². The van der Waals surface area contributed by atoms with E-state index in [1.54, 1.807) is 0 Å². The summed E-state index contributed by atoms with van der Waals surface area (Å²) in [4.78, 5) is 0. The Bertz CT molecular complexity index is 190. The molecular formula is C6H8N2O. The molecule has 48 valence electrons. The van der Waals surface area contributed by atoms with Crippen LogP contribution in [-0.2, 0) is 4.74 Å². The van der Waals surface area contributed by atoms with Crippen molar-refractivity contribution in [2.45, 2.75) is 19.4 Å². The average Bonchev–Trinajstić information content (AvgIpc) is 2.10. The van der Waals surface area contributed by atoms with Crippen molar-refractivity contribution in [1.82, 2.24) is 0 Å². The van der Waals surface area contributed by atoms with Crippen molar-refractivity contribution in [3.8, 4) is 6.07 Å². The molecule has 0 bridgehead atoms. The number of ether oxygens (including phenoxy) is 1. The molecule has 0 aromatic carbocycles. The second-order valence-electron chi connectivity index (χ2n) is 2.09. The first-order valence-corrected chi connectivity index (χ1v) is 2.79. The number of hydrogen-bond acceptors (Lipinski definition) is 3. The summed E-state index contributed by atoms with van der Waals surface area (Å²) in [5, 5.41) is 8.39. The van der Waals surface area contributed by atoms with Crippen molar-refractivity contribution in [1.29, 1.82) is 5.26 Å². The summed E-state index contributed by atoms with van der Waals surface area (Å²) in [6, 6.07) is 1.97. The molecule has 1 aliphatic heterocycles. The normalized spacial score (nSPS) is 25.6. The summed E-state index contributed by atoms with van der Waals surface area (Å²) in [6.07, 6.45) is 0.738. The van der Waals surface area contributed by atoms with Crippen LogP contribution in [0.1, 0.15) is 13.3 Å². The third-order valence-electron chi connectivity index (χ3n) is 1.25. The van der Waals surface area contributed by atoms with E-state index < -0.39 is 0 Å². The average molecular weight is 124 g/mol. The molecule has 0 amide bonds. The minimum atomic E-state index is 0.0830. The minimum Gasteiger partial charge on any atom is -0.475 e. The predicted octanol–water partition coefficient (Wildman–Crippen LogP) is 0.489. The molecule has 0 aromatic rings. The zero-order valence-corrected chi connectivity index (χ0v) is 5.22. The van der Waals surface area contributed by atoms with Gasteiger partial charge < -0.3 is 10.5 Å². The van der Waals surface area contributed by atoms with Crippen molar-refractivity contribution < 1.29 is 4.74 Å². The number of nitrogens with zero attached hydrogens (tertiary/aromatic N) is 1. The predicted molar refractivity (Wildman–Crippen MR) is 32.0 cm³/mol. The highest BCUT2D eigenvalue weighted by Crippen LogP contribution is 2.19. The van der Waals surface area contributed by atoms with Gasteiger partial charge in [0.25, 0.3) is 0 Å². The molecule has 9 heavy (non-hydrogen) atoms. The van der Waals surface area contributed by atoms with Gasteiger partial charge in [-0.1, -0.05) is 0 Å². The molecule has 3 nitrogen and oxygen atoms in total. The SMILES string of the molecule is CC1CC(C#N)=C(N)O1. The summed E-state index contributed by atoms with van der Waals surface area (Å²) < 4.78 is 5.00. The van der Waals surface area contributed by atoms with Gasteiger partial charge in [0.2, 0.25) is 0 Å². The minimum absolute atomic E-state index is 0.0830. The number of rotatable bonds is 0. The van der Waals surface area contributed by atoms with Gasteiger partial charge in [-0.15, -0.1) is 0 Å². The highest BCUT2D eigenvalue weighted by atomic mass is 16.5. The quantitative estimate of drug-likeness (QED) is 0.511. The Morgan fingerprint density at radius 3 is 2.78 bits per heavy atom. The van der Waals surface area contributed by atoms with Crippen LogP contribution in [0, 0.1) is 11.3 Å². The Labute approximate surface area is 53.7 Å². The lowest BCUT2D eigenvalue weighted by Gasteiger charge is -2.00. The lowest BCUT2D eigenvalue weighted by molar-refractivity contribution is 0.158. The highest BCUT2D eigenvalue weighted by Gasteiger charge is 2.19. The second-order valence-corrected chi connectivity index (χ2v) is 2.09. The van der Waals surface area contributed by atoms with E-state index in [0.29, 0.717) is 17.9 Å². The molecule has 3 heteroatoms. The van der Waals surface area contributed by atoms with E-state index in [1.807, 2.05) is 13.0 Å². The first-order valence-electron chi connectivity index (χ1n) is 2.79. The van der Waals surface area contributed by atoms with Gasteiger partial charge in [-0.05, 0) is 6.92 Å². The molecule has 2 N–H and O–H groups in total. The van der Waals surface area contributed by atoms with Crippen LogP contribution in [0.2, 0.25) is 0 Å². The number of nitrogens with two attached hydrogens (primary N) is 1. The first-order chi connectivity index (χ1) is 4.24. The largest absolute Gasteiger partial charge is 0.475 e. The lowest BCUT2D eigenvalue weighted by Crippen LogP contribution is -2.03. The molecule has 0 fully saturated rings. The van der Waals surface area contributed by atoms with Crippen molar-refractivity contribution in [2.24, 2.45) is 5.73 Å². The Morgan fingerprint density at radius 1 is 1.89 bits per heavy atom. The number of nitriles is 1. The van der Waals surface area contributed by atoms with Crippen LogP contribution in [0.5, 0.6) is 0 Å². The Hall–Kier alpha value is -1.17. The molecule has 1 heterocycles. The fourth-order valence-corrected chi connectivity index (χ4v) is 0.818. The third-order valence-corrected chi connectivity index (χ3v) is 1.25. The van der Waals surface area contributed by atoms with Crippen LogP contribution in [-0.4, -0.2) is 6.10 Å². The second kappa shape index (κ2) is 1.98. The smallest absolute Gasteiger partial charge is 0.198 e. The molecule has 0 saturated carbocycles. The van der Waals surface area contributed by atoms with Gasteiger partial charge in [0.1, 0.15) is 12.2 Å². The Balaban J connectivity index is 2.73. The number of hydrogen-bond donors (Lipinski definition) is 1. The van der Waals surface area contributed by atoms with E-state index in [0.717, 1.165) is 0 Å². The topological polar surface area (TPSA) is 59.0 Å². The highest BCUT2D eigenvalue weighted by molar-refractivity contribution is 5.26. The van der Waals surface area contributed by atoms with Gasteiger partial charge in [-0.2, -0.15) is 5.26 Å². The van der Waals surface area contributed by atoms with Crippen molar-refractivity contribution in [3.05, 3.63) is 11.5 Å². The molecule has 1 rings (SSSR count). The van der Waals surface area contributed by atoms with E-state index in [1.165, 1.54) is 0 Å². The first kappa shape index (κ1) is 5.96. The monoisotopic (exact) mass is 124 g/mol. The molecule has 0 aromatic heterocycles. The maximum atomic E-state index is 8.39. The Morgan fingerprint density at radius 2 is 2.56 bits per heavy atom. The fourth-order valence-electron chi connectivity index (χ4n) is 0.818. The summed E-state index contributed by atoms with van der Waals surface area (Å²) in [5.74, 6) is 0.296. The molecule has 0 aliphatic carbocycles. The van der Waals surface area contributed by atoms with Gasteiger partial charge >= 0.3 is 0 Å². The summed E-state index contributed by atoms with van der Waals surface area (Å²) in [5.41, 5.74) is 5.89. The maximum absolute atomic E-state index is 8.39. The van der Waals surface area contributed by atoms with E-state index in [9.17, 15) is 0 Å². The van der Waals surface area contributed by atoms with Gasteiger partial charge in [-0.3, -0.25) is 0 Å². The van der Waals surface area contributed by atoms with Crippen LogP contribution < -0.4 is 5.73 Å². The van der Waals surface area contributed by atoms with E-state index in [2.05, 4.69) is 0 Å². The van der Waals surface area contributed by atoms with E-state index >= 15 is 0 Å². The van der Waals surface area contributed by atoms with Crippen LogP contribution in [0.3, 0.4) is 0 Å². The van der Waals surface area contributed by atoms with Gasteiger partial charge in [0.05, 0.1) is 5.57 Å².